The van der Waals surface area contributed by atoms with Crippen molar-refractivity contribution in [1.82, 2.24) is 9.21 Å². The number of hydrogen-bond acceptors (Lipinski definition) is 8. The molecule has 0 spiro atoms. The maximum Gasteiger partial charge on any atom is 0.341 e. The summed E-state index contributed by atoms with van der Waals surface area (Å²) in [6.45, 7) is 7.59. The molecule has 1 aliphatic heterocycles. The molecular weight excluding hydrogens is 494 g/mol. The predicted molar refractivity (Wildman–Crippen MR) is 134 cm³/mol. The van der Waals surface area contributed by atoms with Crippen LogP contribution in [0.5, 0.6) is 0 Å². The van der Waals surface area contributed by atoms with E-state index in [1.165, 1.54) is 27.0 Å². The first-order valence-corrected chi connectivity index (χ1v) is 14.7. The van der Waals surface area contributed by atoms with E-state index < -0.39 is 10.0 Å². The van der Waals surface area contributed by atoms with E-state index in [1.54, 1.807) is 17.5 Å². The summed E-state index contributed by atoms with van der Waals surface area (Å²) in [5, 5.41) is 5.27. The van der Waals surface area contributed by atoms with Crippen LogP contribution in [0.2, 0.25) is 0 Å². The Morgan fingerprint density at radius 1 is 1.24 bits per heavy atom. The number of carbonyl (C=O) groups excluding carboxylic acids is 2. The van der Waals surface area contributed by atoms with Gasteiger partial charge in [-0.2, -0.15) is 4.31 Å². The number of ether oxygens (including phenoxy) is 1. The summed E-state index contributed by atoms with van der Waals surface area (Å²) >= 11 is 2.69. The van der Waals surface area contributed by atoms with E-state index in [0.717, 1.165) is 29.7 Å². The number of sulfonamides is 1. The maximum atomic E-state index is 12.9. The van der Waals surface area contributed by atoms with E-state index in [1.807, 2.05) is 18.7 Å². The molecule has 8 nitrogen and oxygen atoms in total. The Labute approximate surface area is 208 Å². The maximum absolute atomic E-state index is 12.9. The van der Waals surface area contributed by atoms with Crippen LogP contribution in [0.3, 0.4) is 0 Å². The van der Waals surface area contributed by atoms with Gasteiger partial charge in [0.2, 0.25) is 5.91 Å². The second kappa shape index (κ2) is 10.4. The number of nitrogens with zero attached hydrogens (tertiary/aromatic N) is 2. The summed E-state index contributed by atoms with van der Waals surface area (Å²) in [6.07, 6.45) is 2.48. The van der Waals surface area contributed by atoms with E-state index in [0.29, 0.717) is 46.9 Å². The number of thiophene rings is 2. The first-order chi connectivity index (χ1) is 16.1. The number of hydrogen-bond donors (Lipinski definition) is 1. The fourth-order valence-electron chi connectivity index (χ4n) is 4.36. The molecule has 1 amide bonds. The zero-order valence-electron chi connectivity index (χ0n) is 19.7. The Morgan fingerprint density at radius 3 is 2.62 bits per heavy atom. The highest BCUT2D eigenvalue weighted by Gasteiger charge is 2.32. The summed E-state index contributed by atoms with van der Waals surface area (Å²) in [5.41, 5.74) is 1.51. The standard InChI is InChI=1S/C23H31N3O5S3/c1-15(2)31-23(28)21-17-7-6-16(3)13-18(17)33-22(21)24-19(27)14-25-8-10-26(11-9-25)34(29,30)20-5-4-12-32-20/h4-5,12,15-16H,6-11,13-14H2,1-3H3,(H,24,27)/t16-/m0/s1. The Morgan fingerprint density at radius 2 is 1.97 bits per heavy atom. The van der Waals surface area contributed by atoms with Crippen molar-refractivity contribution >= 4 is 49.6 Å². The van der Waals surface area contributed by atoms with Crippen molar-refractivity contribution in [1.29, 1.82) is 0 Å². The van der Waals surface area contributed by atoms with Crippen LogP contribution in [0.15, 0.2) is 21.7 Å². The highest BCUT2D eigenvalue weighted by atomic mass is 32.2. The molecule has 4 rings (SSSR count). The van der Waals surface area contributed by atoms with Gasteiger partial charge >= 0.3 is 5.97 Å². The van der Waals surface area contributed by atoms with Crippen LogP contribution >= 0.6 is 22.7 Å². The number of piperazine rings is 1. The van der Waals surface area contributed by atoms with Crippen molar-refractivity contribution in [3.05, 3.63) is 33.5 Å². The monoisotopic (exact) mass is 525 g/mol. The number of fused-ring (bicyclic) bond motifs is 1. The largest absolute Gasteiger partial charge is 0.459 e. The van der Waals surface area contributed by atoms with Crippen molar-refractivity contribution in [3.8, 4) is 0 Å². The number of rotatable bonds is 7. The number of esters is 1. The van der Waals surface area contributed by atoms with Crippen molar-refractivity contribution in [2.75, 3.05) is 38.0 Å². The first kappa shape index (κ1) is 25.3. The van der Waals surface area contributed by atoms with Crippen LogP contribution in [0.1, 0.15) is 48.0 Å². The molecule has 1 fully saturated rings. The van der Waals surface area contributed by atoms with Gasteiger partial charge in [-0.05, 0) is 56.0 Å². The molecule has 3 heterocycles. The van der Waals surface area contributed by atoms with Gasteiger partial charge < -0.3 is 10.1 Å². The van der Waals surface area contributed by atoms with Gasteiger partial charge in [0.25, 0.3) is 10.0 Å². The van der Waals surface area contributed by atoms with Gasteiger partial charge in [0, 0.05) is 31.1 Å². The van der Waals surface area contributed by atoms with Gasteiger partial charge in [-0.15, -0.1) is 22.7 Å². The highest BCUT2D eigenvalue weighted by Crippen LogP contribution is 2.40. The molecule has 2 aromatic rings. The third kappa shape index (κ3) is 5.54. The smallest absolute Gasteiger partial charge is 0.341 e. The second-order valence-corrected chi connectivity index (χ2v) is 13.4. The van der Waals surface area contributed by atoms with Gasteiger partial charge in [-0.1, -0.05) is 13.0 Å². The molecule has 0 radical (unpaired) electrons. The number of carbonyl (C=O) groups is 2. The molecule has 1 N–H and O–H groups in total. The Hall–Kier alpha value is -1.79. The van der Waals surface area contributed by atoms with Gasteiger partial charge in [0.05, 0.1) is 18.2 Å². The zero-order chi connectivity index (χ0) is 24.5. The van der Waals surface area contributed by atoms with Crippen LogP contribution in [-0.4, -0.2) is 68.3 Å². The fourth-order valence-corrected chi connectivity index (χ4v) is 8.34. The Balaban J connectivity index is 1.40. The minimum absolute atomic E-state index is 0.143. The molecule has 0 saturated carbocycles. The second-order valence-electron chi connectivity index (χ2n) is 9.17. The van der Waals surface area contributed by atoms with Gasteiger partial charge in [-0.25, -0.2) is 13.2 Å². The van der Waals surface area contributed by atoms with Crippen molar-refractivity contribution < 1.29 is 22.7 Å². The Kier molecular flexibility index (Phi) is 7.78. The van der Waals surface area contributed by atoms with Gasteiger partial charge in [-0.3, -0.25) is 9.69 Å². The van der Waals surface area contributed by atoms with E-state index in [2.05, 4.69) is 12.2 Å². The van der Waals surface area contributed by atoms with Crippen LogP contribution in [0.25, 0.3) is 0 Å². The molecule has 0 bridgehead atoms. The molecule has 1 saturated heterocycles. The van der Waals surface area contributed by atoms with Crippen LogP contribution in [-0.2, 0) is 32.4 Å². The predicted octanol–water partition coefficient (Wildman–Crippen LogP) is 3.44. The number of amides is 1. The summed E-state index contributed by atoms with van der Waals surface area (Å²) in [7, 11) is -3.48. The van der Waals surface area contributed by atoms with E-state index in [9.17, 15) is 18.0 Å². The molecule has 0 aromatic carbocycles. The first-order valence-electron chi connectivity index (χ1n) is 11.6. The number of nitrogens with one attached hydrogen (secondary N) is 1. The third-order valence-corrected chi connectivity index (χ3v) is 10.5. The summed E-state index contributed by atoms with van der Waals surface area (Å²) in [5.74, 6) is -0.0463. The molecule has 1 atom stereocenters. The zero-order valence-corrected chi connectivity index (χ0v) is 22.2. The fraction of sp³-hybridized carbons (Fsp3) is 0.565. The molecule has 1 aliphatic carbocycles. The van der Waals surface area contributed by atoms with E-state index >= 15 is 0 Å². The van der Waals surface area contributed by atoms with E-state index in [-0.39, 0.29) is 24.5 Å². The topological polar surface area (TPSA) is 96.0 Å². The van der Waals surface area contributed by atoms with Crippen molar-refractivity contribution in [3.63, 3.8) is 0 Å². The molecule has 0 unspecified atom stereocenters. The minimum Gasteiger partial charge on any atom is -0.459 e. The SMILES string of the molecule is CC(C)OC(=O)c1c(NC(=O)CN2CCN(S(=O)(=O)c3cccs3)CC2)sc2c1CC[C@H](C)C2. The molecule has 2 aromatic heterocycles. The lowest BCUT2D eigenvalue weighted by Crippen LogP contribution is -2.50. The lowest BCUT2D eigenvalue weighted by atomic mass is 9.88. The quantitative estimate of drug-likeness (QED) is 0.557. The van der Waals surface area contributed by atoms with Crippen LogP contribution in [0, 0.1) is 5.92 Å². The van der Waals surface area contributed by atoms with Gasteiger partial charge in [0.1, 0.15) is 9.21 Å². The third-order valence-electron chi connectivity index (χ3n) is 6.10. The van der Waals surface area contributed by atoms with Crippen molar-refractivity contribution in [2.45, 2.75) is 50.3 Å². The molecule has 34 heavy (non-hydrogen) atoms. The van der Waals surface area contributed by atoms with Crippen LogP contribution < -0.4 is 5.32 Å². The lowest BCUT2D eigenvalue weighted by molar-refractivity contribution is -0.117. The lowest BCUT2D eigenvalue weighted by Gasteiger charge is -2.33. The molecule has 11 heteroatoms. The minimum atomic E-state index is -3.48. The molecule has 186 valence electrons. The average Bonchev–Trinajstić information content (AvgIpc) is 3.41. The summed E-state index contributed by atoms with van der Waals surface area (Å²) < 4.78 is 32.7. The average molecular weight is 526 g/mol. The summed E-state index contributed by atoms with van der Waals surface area (Å²) in [4.78, 5) is 28.8. The Bertz CT molecular complexity index is 1130. The highest BCUT2D eigenvalue weighted by molar-refractivity contribution is 7.91. The summed E-state index contributed by atoms with van der Waals surface area (Å²) in [6, 6.07) is 3.34. The van der Waals surface area contributed by atoms with Crippen LogP contribution in [0.4, 0.5) is 5.00 Å². The number of anilines is 1. The van der Waals surface area contributed by atoms with E-state index in [4.69, 9.17) is 4.74 Å². The van der Waals surface area contributed by atoms with Crippen molar-refractivity contribution in [2.24, 2.45) is 5.92 Å². The molecular formula is C23H31N3O5S3. The molecule has 2 aliphatic rings. The normalized spacial score (nSPS) is 19.7. The van der Waals surface area contributed by atoms with Gasteiger partial charge in [0.15, 0.2) is 0 Å².